The first-order chi connectivity index (χ1) is 9.16. The van der Waals surface area contributed by atoms with Gasteiger partial charge in [-0.3, -0.25) is 0 Å². The Labute approximate surface area is 122 Å². The summed E-state index contributed by atoms with van der Waals surface area (Å²) in [6, 6.07) is 6.33. The van der Waals surface area contributed by atoms with E-state index in [9.17, 15) is 0 Å². The molecule has 1 spiro atoms. The van der Waals surface area contributed by atoms with E-state index in [0.29, 0.717) is 5.92 Å². The molecule has 3 heterocycles. The molecule has 4 rings (SSSR count). The quantitative estimate of drug-likeness (QED) is 0.798. The van der Waals surface area contributed by atoms with Gasteiger partial charge in [-0.25, -0.2) is 0 Å². The van der Waals surface area contributed by atoms with Crippen molar-refractivity contribution in [3.8, 4) is 5.75 Å². The highest BCUT2D eigenvalue weighted by molar-refractivity contribution is 9.10. The minimum atomic E-state index is -0.00670. The van der Waals surface area contributed by atoms with Crippen LogP contribution >= 0.6 is 15.9 Å². The third-order valence-electron chi connectivity index (χ3n) is 5.12. The third kappa shape index (κ3) is 1.84. The average molecular weight is 323 g/mol. The Kier molecular flexibility index (Phi) is 2.70. The first-order valence-electron chi connectivity index (χ1n) is 7.13. The molecule has 4 atom stereocenters. The molecule has 0 aliphatic carbocycles. The number of rotatable bonds is 0. The lowest BCUT2D eigenvalue weighted by atomic mass is 9.75. The third-order valence-corrected chi connectivity index (χ3v) is 5.61. The number of nitrogens with two attached hydrogens (primary N) is 1. The van der Waals surface area contributed by atoms with Gasteiger partial charge in [0.1, 0.15) is 11.4 Å². The van der Waals surface area contributed by atoms with E-state index in [4.69, 9.17) is 10.5 Å². The van der Waals surface area contributed by atoms with Gasteiger partial charge >= 0.3 is 0 Å². The van der Waals surface area contributed by atoms with Crippen LogP contribution in [0.15, 0.2) is 22.7 Å². The molecule has 0 aromatic heterocycles. The smallest absolute Gasteiger partial charge is 0.125 e. The summed E-state index contributed by atoms with van der Waals surface area (Å²) in [5, 5.41) is 0. The van der Waals surface area contributed by atoms with Crippen LogP contribution in [0.1, 0.15) is 30.9 Å². The van der Waals surface area contributed by atoms with Gasteiger partial charge in [0.05, 0.1) is 0 Å². The van der Waals surface area contributed by atoms with E-state index in [2.05, 4.69) is 33.0 Å². The molecule has 3 nitrogen and oxygen atoms in total. The second-order valence-corrected chi connectivity index (χ2v) is 7.11. The number of fused-ring (bicyclic) bond motifs is 4. The molecule has 1 aromatic rings. The van der Waals surface area contributed by atoms with Crippen LogP contribution in [0, 0.1) is 5.92 Å². The predicted octanol–water partition coefficient (Wildman–Crippen LogP) is 2.70. The van der Waals surface area contributed by atoms with Crippen molar-refractivity contribution in [2.24, 2.45) is 11.7 Å². The topological polar surface area (TPSA) is 38.5 Å². The van der Waals surface area contributed by atoms with Crippen LogP contribution in [-0.4, -0.2) is 30.1 Å². The van der Waals surface area contributed by atoms with Gasteiger partial charge in [-0.15, -0.1) is 0 Å². The second kappa shape index (κ2) is 4.21. The molecule has 2 saturated heterocycles. The molecule has 4 unspecified atom stereocenters. The van der Waals surface area contributed by atoms with Crippen LogP contribution in [0.2, 0.25) is 0 Å². The molecule has 0 saturated carbocycles. The fourth-order valence-corrected chi connectivity index (χ4v) is 4.44. The summed E-state index contributed by atoms with van der Waals surface area (Å²) in [5.41, 5.74) is 7.58. The van der Waals surface area contributed by atoms with Crippen molar-refractivity contribution < 1.29 is 4.74 Å². The van der Waals surface area contributed by atoms with Crippen LogP contribution < -0.4 is 10.5 Å². The highest BCUT2D eigenvalue weighted by atomic mass is 79.9. The van der Waals surface area contributed by atoms with Gasteiger partial charge < -0.3 is 15.4 Å². The highest BCUT2D eigenvalue weighted by Gasteiger charge is 2.51. The summed E-state index contributed by atoms with van der Waals surface area (Å²) in [4.78, 5) is 2.56. The SMILES string of the molecule is NC1CC2(CCN3CCC2C3)Oc2ccc(Br)cc21. The van der Waals surface area contributed by atoms with Crippen LogP contribution in [-0.2, 0) is 0 Å². The molecule has 3 aliphatic heterocycles. The van der Waals surface area contributed by atoms with E-state index >= 15 is 0 Å². The van der Waals surface area contributed by atoms with Crippen LogP contribution in [0.25, 0.3) is 0 Å². The van der Waals surface area contributed by atoms with E-state index < -0.39 is 0 Å². The Hall–Kier alpha value is -0.580. The number of hydrogen-bond donors (Lipinski definition) is 1. The number of ether oxygens (including phenoxy) is 1. The normalized spacial score (nSPS) is 40.0. The molecule has 2 bridgehead atoms. The van der Waals surface area contributed by atoms with E-state index in [1.165, 1.54) is 19.5 Å². The molecular weight excluding hydrogens is 304 g/mol. The van der Waals surface area contributed by atoms with Crippen molar-refractivity contribution in [3.05, 3.63) is 28.2 Å². The number of benzene rings is 1. The van der Waals surface area contributed by atoms with Crippen LogP contribution in [0.4, 0.5) is 0 Å². The van der Waals surface area contributed by atoms with Gasteiger partial charge in [-0.2, -0.15) is 0 Å². The van der Waals surface area contributed by atoms with Gasteiger partial charge in [0.2, 0.25) is 0 Å². The van der Waals surface area contributed by atoms with E-state index in [-0.39, 0.29) is 11.6 Å². The molecule has 3 aliphatic rings. The molecular formula is C15H19BrN2O. The monoisotopic (exact) mass is 322 g/mol. The molecule has 2 N–H and O–H groups in total. The number of halogens is 1. The zero-order valence-corrected chi connectivity index (χ0v) is 12.5. The zero-order valence-electron chi connectivity index (χ0n) is 10.9. The second-order valence-electron chi connectivity index (χ2n) is 6.20. The van der Waals surface area contributed by atoms with Gasteiger partial charge in [0.25, 0.3) is 0 Å². The fourth-order valence-electron chi connectivity index (χ4n) is 4.06. The van der Waals surface area contributed by atoms with Gasteiger partial charge in [0.15, 0.2) is 0 Å². The predicted molar refractivity (Wildman–Crippen MR) is 78.2 cm³/mol. The molecule has 19 heavy (non-hydrogen) atoms. The molecule has 0 radical (unpaired) electrons. The van der Waals surface area contributed by atoms with Gasteiger partial charge in [-0.05, 0) is 31.2 Å². The summed E-state index contributed by atoms with van der Waals surface area (Å²) in [6.45, 7) is 3.59. The Balaban J connectivity index is 1.72. The highest BCUT2D eigenvalue weighted by Crippen LogP contribution is 2.48. The van der Waals surface area contributed by atoms with E-state index in [1.807, 2.05) is 6.07 Å². The number of piperidine rings is 1. The van der Waals surface area contributed by atoms with Crippen molar-refractivity contribution in [2.45, 2.75) is 30.9 Å². The molecule has 0 amide bonds. The first kappa shape index (κ1) is 12.2. The first-order valence-corrected chi connectivity index (χ1v) is 7.92. The van der Waals surface area contributed by atoms with Crippen molar-refractivity contribution >= 4 is 15.9 Å². The zero-order chi connectivity index (χ0) is 13.0. The Morgan fingerprint density at radius 2 is 2.26 bits per heavy atom. The maximum Gasteiger partial charge on any atom is 0.125 e. The number of hydrogen-bond acceptors (Lipinski definition) is 3. The summed E-state index contributed by atoms with van der Waals surface area (Å²) < 4.78 is 7.57. The Morgan fingerprint density at radius 1 is 1.37 bits per heavy atom. The van der Waals surface area contributed by atoms with Crippen molar-refractivity contribution in [3.63, 3.8) is 0 Å². The fraction of sp³-hybridized carbons (Fsp3) is 0.600. The standard InChI is InChI=1S/C15H19BrN2O/c16-11-1-2-14-12(7-11)13(17)8-15(19-14)4-6-18-5-3-10(15)9-18/h1-2,7,10,13H,3-6,8-9,17H2. The minimum absolute atomic E-state index is 0.00670. The molecule has 4 heteroatoms. The average Bonchev–Trinajstić information content (AvgIpc) is 2.81. The van der Waals surface area contributed by atoms with Crippen molar-refractivity contribution in [2.75, 3.05) is 19.6 Å². The molecule has 2 fully saturated rings. The summed E-state index contributed by atoms with van der Waals surface area (Å²) in [7, 11) is 0. The lowest BCUT2D eigenvalue weighted by Gasteiger charge is -2.47. The Morgan fingerprint density at radius 3 is 3.16 bits per heavy atom. The molecule has 1 aromatic carbocycles. The number of nitrogens with zero attached hydrogens (tertiary/aromatic N) is 1. The van der Waals surface area contributed by atoms with Crippen LogP contribution in [0.5, 0.6) is 5.75 Å². The van der Waals surface area contributed by atoms with E-state index in [1.54, 1.807) is 0 Å². The van der Waals surface area contributed by atoms with Gasteiger partial charge in [-0.1, -0.05) is 15.9 Å². The maximum absolute atomic E-state index is 6.49. The lowest BCUT2D eigenvalue weighted by Crippen LogP contribution is -2.53. The minimum Gasteiger partial charge on any atom is -0.486 e. The molecule has 102 valence electrons. The maximum atomic E-state index is 6.49. The van der Waals surface area contributed by atoms with Crippen molar-refractivity contribution in [1.82, 2.24) is 4.90 Å². The van der Waals surface area contributed by atoms with Crippen molar-refractivity contribution in [1.29, 1.82) is 0 Å². The van der Waals surface area contributed by atoms with Crippen LogP contribution in [0.3, 0.4) is 0 Å². The summed E-state index contributed by atoms with van der Waals surface area (Å²) >= 11 is 3.52. The van der Waals surface area contributed by atoms with E-state index in [0.717, 1.165) is 35.2 Å². The Bertz CT molecular complexity index is 521. The lowest BCUT2D eigenvalue weighted by molar-refractivity contribution is -0.0439. The summed E-state index contributed by atoms with van der Waals surface area (Å²) in [6.07, 6.45) is 3.36. The summed E-state index contributed by atoms with van der Waals surface area (Å²) in [5.74, 6) is 1.66. The van der Waals surface area contributed by atoms with Gasteiger partial charge in [0, 0.05) is 47.9 Å². The largest absolute Gasteiger partial charge is 0.486 e.